The maximum absolute atomic E-state index is 4.68. The molecule has 1 N–H and O–H groups in total. The van der Waals surface area contributed by atoms with Crippen LogP contribution < -0.4 is 5.32 Å². The van der Waals surface area contributed by atoms with Crippen molar-refractivity contribution in [3.63, 3.8) is 0 Å². The van der Waals surface area contributed by atoms with Crippen molar-refractivity contribution < 1.29 is 0 Å². The predicted molar refractivity (Wildman–Crippen MR) is 107 cm³/mol. The highest BCUT2D eigenvalue weighted by molar-refractivity contribution is 5.76. The molecule has 0 saturated carbocycles. The van der Waals surface area contributed by atoms with Gasteiger partial charge in [-0.15, -0.1) is 0 Å². The largest absolute Gasteiger partial charge is 0.332 e. The van der Waals surface area contributed by atoms with Gasteiger partial charge in [-0.3, -0.25) is 0 Å². The van der Waals surface area contributed by atoms with Gasteiger partial charge in [0.2, 0.25) is 5.95 Å². The lowest BCUT2D eigenvalue weighted by molar-refractivity contribution is 0.255. The van der Waals surface area contributed by atoms with Gasteiger partial charge in [-0.05, 0) is 69.1 Å². The summed E-state index contributed by atoms with van der Waals surface area (Å²) >= 11 is 0. The topological polar surface area (TPSA) is 46.0 Å². The molecule has 1 fully saturated rings. The number of hydrogen-bond donors (Lipinski definition) is 1. The highest BCUT2D eigenvalue weighted by Gasteiger charge is 2.18. The molecule has 3 heterocycles. The molecule has 0 unspecified atom stereocenters. The minimum absolute atomic E-state index is 0.633. The summed E-state index contributed by atoms with van der Waals surface area (Å²) in [5, 5.41) is 4.39. The van der Waals surface area contributed by atoms with E-state index in [1.807, 2.05) is 18.5 Å². The average molecular weight is 348 g/mol. The number of anilines is 2. The summed E-state index contributed by atoms with van der Waals surface area (Å²) in [6.07, 6.45) is 7.25. The zero-order valence-corrected chi connectivity index (χ0v) is 15.4. The molecule has 1 radical (unpaired) electrons. The Morgan fingerprint density at radius 3 is 2.65 bits per heavy atom. The first-order valence-corrected chi connectivity index (χ1v) is 9.39. The average Bonchev–Trinajstić information content (AvgIpc) is 3.06. The van der Waals surface area contributed by atoms with Crippen LogP contribution >= 0.6 is 0 Å². The molecule has 1 saturated heterocycles. The van der Waals surface area contributed by atoms with Crippen LogP contribution in [-0.2, 0) is 6.54 Å². The van der Waals surface area contributed by atoms with Crippen LogP contribution in [0.5, 0.6) is 0 Å². The zero-order valence-electron chi connectivity index (χ0n) is 15.4. The smallest absolute Gasteiger partial charge is 0.229 e. The normalized spacial score (nSPS) is 16.2. The number of aromatic nitrogens is 3. The summed E-state index contributed by atoms with van der Waals surface area (Å²) in [6, 6.07) is 10.8. The van der Waals surface area contributed by atoms with Gasteiger partial charge in [0.1, 0.15) is 5.65 Å². The van der Waals surface area contributed by atoms with Crippen LogP contribution in [0, 0.1) is 6.92 Å². The van der Waals surface area contributed by atoms with Gasteiger partial charge in [-0.25, -0.2) is 4.98 Å². The van der Waals surface area contributed by atoms with Crippen LogP contribution in [0.2, 0.25) is 0 Å². The van der Waals surface area contributed by atoms with Crippen LogP contribution in [0.15, 0.2) is 42.7 Å². The number of piperidine rings is 1. The third-order valence-electron chi connectivity index (χ3n) is 5.26. The van der Waals surface area contributed by atoms with E-state index in [-0.39, 0.29) is 0 Å². The molecule has 5 heteroatoms. The Morgan fingerprint density at radius 2 is 1.92 bits per heavy atom. The van der Waals surface area contributed by atoms with E-state index in [0.717, 1.165) is 29.7 Å². The Balaban J connectivity index is 1.48. The molecule has 0 atom stereocenters. The number of fused-ring (bicyclic) bond motifs is 1. The number of rotatable bonds is 5. The lowest BCUT2D eigenvalue weighted by Crippen LogP contribution is -2.29. The van der Waals surface area contributed by atoms with Crippen molar-refractivity contribution in [1.29, 1.82) is 0 Å². The number of hydrogen-bond acceptors (Lipinski definition) is 4. The van der Waals surface area contributed by atoms with E-state index in [1.54, 1.807) is 0 Å². The Morgan fingerprint density at radius 1 is 1.15 bits per heavy atom. The molecule has 26 heavy (non-hydrogen) atoms. The van der Waals surface area contributed by atoms with Crippen molar-refractivity contribution >= 4 is 22.7 Å². The van der Waals surface area contributed by atoms with Gasteiger partial charge in [0, 0.05) is 30.0 Å². The van der Waals surface area contributed by atoms with Gasteiger partial charge in [-0.1, -0.05) is 19.1 Å². The summed E-state index contributed by atoms with van der Waals surface area (Å²) < 4.78 is 2.12. The van der Waals surface area contributed by atoms with E-state index < -0.39 is 0 Å². The summed E-state index contributed by atoms with van der Waals surface area (Å²) in [6.45, 7) is 7.16. The van der Waals surface area contributed by atoms with Crippen molar-refractivity contribution in [1.82, 2.24) is 19.4 Å². The zero-order chi connectivity index (χ0) is 17.9. The number of likely N-dealkylation sites (tertiary alicyclic amines) is 1. The van der Waals surface area contributed by atoms with Crippen molar-refractivity contribution in [3.05, 3.63) is 55.2 Å². The second kappa shape index (κ2) is 7.46. The Bertz CT molecular complexity index is 860. The van der Waals surface area contributed by atoms with Gasteiger partial charge in [-0.2, -0.15) is 4.98 Å². The van der Waals surface area contributed by atoms with E-state index in [4.69, 9.17) is 0 Å². The lowest BCUT2D eigenvalue weighted by atomic mass is 9.89. The van der Waals surface area contributed by atoms with Crippen LogP contribution in [0.25, 0.3) is 11.0 Å². The molecule has 3 aromatic rings. The first-order valence-electron chi connectivity index (χ1n) is 9.39. The predicted octanol–water partition coefficient (Wildman–Crippen LogP) is 4.21. The fourth-order valence-electron chi connectivity index (χ4n) is 3.69. The Hall–Kier alpha value is -2.40. The molecule has 0 spiro atoms. The molecule has 0 aliphatic carbocycles. The molecular formula is C21H26N5. The van der Waals surface area contributed by atoms with Gasteiger partial charge in [0.05, 0.1) is 0 Å². The van der Waals surface area contributed by atoms with Crippen LogP contribution in [0.3, 0.4) is 0 Å². The van der Waals surface area contributed by atoms with Crippen molar-refractivity contribution in [2.24, 2.45) is 0 Å². The third-order valence-corrected chi connectivity index (χ3v) is 5.26. The van der Waals surface area contributed by atoms with Crippen molar-refractivity contribution in [2.45, 2.75) is 31.7 Å². The fraction of sp³-hybridized carbons (Fsp3) is 0.381. The minimum atomic E-state index is 0.633. The number of aryl methyl sites for hydroxylation is 1. The summed E-state index contributed by atoms with van der Waals surface area (Å²) in [5.41, 5.74) is 3.41. The minimum Gasteiger partial charge on any atom is -0.332 e. The van der Waals surface area contributed by atoms with Gasteiger partial charge >= 0.3 is 0 Å². The standard InChI is InChI=1S/C21H26N5/c1-3-11-26-14-10-18-15-22-21(24-20(18)26)23-19-6-4-16(5-7-19)17-8-12-25(2)13-9-17/h4-7,10,14-15,17H,1,3,8-9,11-13H2,2H3,(H,22,23,24). The molecular weight excluding hydrogens is 322 g/mol. The second-order valence-corrected chi connectivity index (χ2v) is 7.16. The van der Waals surface area contributed by atoms with Crippen molar-refractivity contribution in [2.75, 3.05) is 25.5 Å². The SMILES string of the molecule is [CH2]CCn1ccc2cnc(Nc3ccc(C4CCN(C)CC4)cc3)nc21. The molecule has 135 valence electrons. The lowest BCUT2D eigenvalue weighted by Gasteiger charge is -2.29. The molecule has 1 aliphatic heterocycles. The molecule has 5 nitrogen and oxygen atoms in total. The first-order chi connectivity index (χ1) is 12.7. The third kappa shape index (κ3) is 3.58. The maximum atomic E-state index is 4.68. The van der Waals surface area contributed by atoms with E-state index in [9.17, 15) is 0 Å². The van der Waals surface area contributed by atoms with Gasteiger partial charge in [0.25, 0.3) is 0 Å². The highest BCUT2D eigenvalue weighted by atomic mass is 15.1. The molecule has 0 amide bonds. The van der Waals surface area contributed by atoms with E-state index >= 15 is 0 Å². The van der Waals surface area contributed by atoms with Gasteiger partial charge < -0.3 is 14.8 Å². The number of nitrogens with one attached hydrogen (secondary N) is 1. The monoisotopic (exact) mass is 348 g/mol. The van der Waals surface area contributed by atoms with Gasteiger partial charge in [0.15, 0.2) is 0 Å². The van der Waals surface area contributed by atoms with E-state index in [0.29, 0.717) is 11.9 Å². The van der Waals surface area contributed by atoms with Crippen LogP contribution in [0.1, 0.15) is 30.7 Å². The molecule has 1 aromatic carbocycles. The summed E-state index contributed by atoms with van der Waals surface area (Å²) in [5.74, 6) is 1.31. The first kappa shape index (κ1) is 17.0. The number of benzene rings is 1. The molecule has 4 rings (SSSR count). The quantitative estimate of drug-likeness (QED) is 0.750. The maximum Gasteiger partial charge on any atom is 0.229 e. The number of nitrogens with zero attached hydrogens (tertiary/aromatic N) is 4. The Labute approximate surface area is 155 Å². The second-order valence-electron chi connectivity index (χ2n) is 7.16. The molecule has 0 bridgehead atoms. The van der Waals surface area contributed by atoms with Crippen molar-refractivity contribution in [3.8, 4) is 0 Å². The fourth-order valence-corrected chi connectivity index (χ4v) is 3.69. The summed E-state index contributed by atoms with van der Waals surface area (Å²) in [4.78, 5) is 11.5. The van der Waals surface area contributed by atoms with E-state index in [2.05, 4.69) is 63.0 Å². The van der Waals surface area contributed by atoms with E-state index in [1.165, 1.54) is 31.5 Å². The molecule has 1 aliphatic rings. The highest BCUT2D eigenvalue weighted by Crippen LogP contribution is 2.28. The molecule has 2 aromatic heterocycles. The summed E-state index contributed by atoms with van der Waals surface area (Å²) in [7, 11) is 2.20. The Kier molecular flexibility index (Phi) is 4.89. The van der Waals surface area contributed by atoms with Crippen LogP contribution in [0.4, 0.5) is 11.6 Å². The van der Waals surface area contributed by atoms with Crippen LogP contribution in [-0.4, -0.2) is 39.6 Å².